The molecule has 1 fully saturated rings. The summed E-state index contributed by atoms with van der Waals surface area (Å²) in [4.78, 5) is 0. The van der Waals surface area contributed by atoms with Crippen LogP contribution >= 0.6 is 0 Å². The van der Waals surface area contributed by atoms with Crippen LogP contribution in [-0.4, -0.2) is 13.2 Å². The van der Waals surface area contributed by atoms with Gasteiger partial charge in [-0.3, -0.25) is 0 Å². The van der Waals surface area contributed by atoms with E-state index in [-0.39, 0.29) is 5.41 Å². The average Bonchev–Trinajstić information content (AvgIpc) is 3.28. The number of hydrogen-bond donors (Lipinski definition) is 1. The van der Waals surface area contributed by atoms with Gasteiger partial charge in [-0.2, -0.15) is 5.26 Å². The van der Waals surface area contributed by atoms with Crippen LogP contribution in [0.15, 0.2) is 24.3 Å². The predicted molar refractivity (Wildman–Crippen MR) is 85.2 cm³/mol. The minimum absolute atomic E-state index is 0.141. The third kappa shape index (κ3) is 4.47. The molecule has 0 aromatic heterocycles. The highest BCUT2D eigenvalue weighted by molar-refractivity contribution is 5.29. The van der Waals surface area contributed by atoms with Crippen molar-refractivity contribution in [1.29, 1.82) is 5.26 Å². The summed E-state index contributed by atoms with van der Waals surface area (Å²) in [7, 11) is 0. The van der Waals surface area contributed by atoms with Crippen molar-refractivity contribution in [2.24, 2.45) is 5.41 Å². The molecular weight excluding hydrogens is 260 g/mol. The number of nitrogens with one attached hydrogen (secondary N) is 1. The van der Waals surface area contributed by atoms with Gasteiger partial charge in [0.15, 0.2) is 0 Å². The predicted octanol–water partition coefficient (Wildman–Crippen LogP) is 4.21. The highest BCUT2D eigenvalue weighted by Crippen LogP contribution is 2.48. The smallest absolute Gasteiger partial charge is 0.119 e. The zero-order valence-corrected chi connectivity index (χ0v) is 13.2. The summed E-state index contributed by atoms with van der Waals surface area (Å²) in [5.41, 5.74) is 1.46. The van der Waals surface area contributed by atoms with E-state index in [9.17, 15) is 0 Å². The lowest BCUT2D eigenvalue weighted by molar-refractivity contribution is 0.237. The van der Waals surface area contributed by atoms with Gasteiger partial charge in [0.25, 0.3) is 0 Å². The van der Waals surface area contributed by atoms with Gasteiger partial charge in [0.1, 0.15) is 5.75 Å². The van der Waals surface area contributed by atoms with Crippen LogP contribution in [0.5, 0.6) is 5.75 Å². The van der Waals surface area contributed by atoms with E-state index in [2.05, 4.69) is 37.4 Å². The summed E-state index contributed by atoms with van der Waals surface area (Å²) < 4.78 is 5.86. The van der Waals surface area contributed by atoms with Crippen LogP contribution in [0.25, 0.3) is 0 Å². The first kappa shape index (κ1) is 15.9. The Morgan fingerprint density at radius 2 is 2.00 bits per heavy atom. The molecule has 0 bridgehead atoms. The lowest BCUT2D eigenvalue weighted by Gasteiger charge is -2.18. The normalized spacial score (nSPS) is 17.0. The summed E-state index contributed by atoms with van der Waals surface area (Å²) >= 11 is 0. The summed E-state index contributed by atoms with van der Waals surface area (Å²) in [6.45, 7) is 6.11. The molecule has 2 rings (SSSR count). The minimum Gasteiger partial charge on any atom is -0.493 e. The van der Waals surface area contributed by atoms with Gasteiger partial charge in [-0.25, -0.2) is 0 Å². The number of nitrogens with zero attached hydrogens (tertiary/aromatic N) is 1. The molecule has 3 nitrogen and oxygen atoms in total. The molecule has 3 heteroatoms. The number of hydrogen-bond acceptors (Lipinski definition) is 3. The van der Waals surface area contributed by atoms with Gasteiger partial charge in [-0.05, 0) is 49.9 Å². The van der Waals surface area contributed by atoms with Crippen LogP contribution in [0.2, 0.25) is 0 Å². The summed E-state index contributed by atoms with van der Waals surface area (Å²) in [5, 5.41) is 12.4. The van der Waals surface area contributed by atoms with Crippen LogP contribution in [-0.2, 0) is 0 Å². The molecule has 0 heterocycles. The molecule has 1 atom stereocenters. The van der Waals surface area contributed by atoms with E-state index < -0.39 is 0 Å². The second-order valence-electron chi connectivity index (χ2n) is 6.11. The quantitative estimate of drug-likeness (QED) is 0.739. The van der Waals surface area contributed by atoms with E-state index in [0.29, 0.717) is 19.1 Å². The Balaban J connectivity index is 1.88. The van der Waals surface area contributed by atoms with Crippen LogP contribution in [0.1, 0.15) is 57.6 Å². The first-order valence-corrected chi connectivity index (χ1v) is 8.06. The molecule has 1 N–H and O–H groups in total. The maximum Gasteiger partial charge on any atom is 0.119 e. The fourth-order valence-electron chi connectivity index (χ4n) is 2.57. The standard InChI is InChI=1S/C18H26N2O/c1-3-13-20-17(4-2)15-5-7-16(8-6-15)21-14-18(9-10-18)11-12-19/h5-8,17,20H,3-4,9-11,13-14H2,1-2H3. The first-order valence-electron chi connectivity index (χ1n) is 8.06. The summed E-state index contributed by atoms with van der Waals surface area (Å²) in [5.74, 6) is 0.910. The van der Waals surface area contributed by atoms with Crippen molar-refractivity contribution in [1.82, 2.24) is 5.32 Å². The molecule has 1 aromatic rings. The van der Waals surface area contributed by atoms with Gasteiger partial charge in [-0.1, -0.05) is 26.0 Å². The van der Waals surface area contributed by atoms with E-state index in [1.54, 1.807) is 0 Å². The molecule has 1 aliphatic carbocycles. The van der Waals surface area contributed by atoms with Crippen molar-refractivity contribution in [3.8, 4) is 11.8 Å². The van der Waals surface area contributed by atoms with Crippen molar-refractivity contribution >= 4 is 0 Å². The van der Waals surface area contributed by atoms with E-state index in [1.165, 1.54) is 5.56 Å². The van der Waals surface area contributed by atoms with Gasteiger partial charge < -0.3 is 10.1 Å². The molecule has 0 saturated heterocycles. The van der Waals surface area contributed by atoms with Gasteiger partial charge in [0.05, 0.1) is 12.7 Å². The van der Waals surface area contributed by atoms with Crippen molar-refractivity contribution < 1.29 is 4.74 Å². The van der Waals surface area contributed by atoms with Crippen LogP contribution < -0.4 is 10.1 Å². The van der Waals surface area contributed by atoms with Crippen molar-refractivity contribution in [2.45, 2.75) is 52.0 Å². The van der Waals surface area contributed by atoms with Gasteiger partial charge in [0, 0.05) is 17.9 Å². The zero-order valence-electron chi connectivity index (χ0n) is 13.2. The van der Waals surface area contributed by atoms with Crippen molar-refractivity contribution in [3.63, 3.8) is 0 Å². The highest BCUT2D eigenvalue weighted by Gasteiger charge is 2.43. The van der Waals surface area contributed by atoms with Gasteiger partial charge in [-0.15, -0.1) is 0 Å². The number of rotatable bonds is 9. The molecule has 1 aromatic carbocycles. The Morgan fingerprint density at radius 3 is 2.52 bits per heavy atom. The van der Waals surface area contributed by atoms with Crippen LogP contribution in [0.3, 0.4) is 0 Å². The highest BCUT2D eigenvalue weighted by atomic mass is 16.5. The molecule has 1 unspecified atom stereocenters. The molecule has 1 saturated carbocycles. The molecule has 21 heavy (non-hydrogen) atoms. The average molecular weight is 286 g/mol. The minimum atomic E-state index is 0.141. The SMILES string of the molecule is CCCNC(CC)c1ccc(OCC2(CC#N)CC2)cc1. The fourth-order valence-corrected chi connectivity index (χ4v) is 2.57. The topological polar surface area (TPSA) is 45.0 Å². The zero-order chi connectivity index (χ0) is 15.1. The Labute approximate surface area is 128 Å². The first-order chi connectivity index (χ1) is 10.2. The Hall–Kier alpha value is -1.53. The molecule has 0 radical (unpaired) electrons. The van der Waals surface area contributed by atoms with Crippen LogP contribution in [0, 0.1) is 16.7 Å². The number of benzene rings is 1. The molecule has 1 aliphatic rings. The maximum atomic E-state index is 8.82. The van der Waals surface area contributed by atoms with E-state index >= 15 is 0 Å². The largest absolute Gasteiger partial charge is 0.493 e. The van der Waals surface area contributed by atoms with Crippen LogP contribution in [0.4, 0.5) is 0 Å². The summed E-state index contributed by atoms with van der Waals surface area (Å²) in [6, 6.07) is 11.1. The van der Waals surface area contributed by atoms with Crippen molar-refractivity contribution in [3.05, 3.63) is 29.8 Å². The molecule has 0 amide bonds. The lowest BCUT2D eigenvalue weighted by atomic mass is 10.0. The molecule has 0 aliphatic heterocycles. The van der Waals surface area contributed by atoms with Gasteiger partial charge in [0.2, 0.25) is 0 Å². The Kier molecular flexibility index (Phi) is 5.64. The number of ether oxygens (including phenoxy) is 1. The third-order valence-electron chi connectivity index (χ3n) is 4.29. The fraction of sp³-hybridized carbons (Fsp3) is 0.611. The maximum absolute atomic E-state index is 8.82. The molecule has 114 valence electrons. The van der Waals surface area contributed by atoms with E-state index in [4.69, 9.17) is 10.00 Å². The third-order valence-corrected chi connectivity index (χ3v) is 4.29. The summed E-state index contributed by atoms with van der Waals surface area (Å²) in [6.07, 6.45) is 5.10. The van der Waals surface area contributed by atoms with Crippen molar-refractivity contribution in [2.75, 3.05) is 13.2 Å². The van der Waals surface area contributed by atoms with E-state index in [1.807, 2.05) is 12.1 Å². The van der Waals surface area contributed by atoms with Gasteiger partial charge >= 0.3 is 0 Å². The lowest BCUT2D eigenvalue weighted by Crippen LogP contribution is -2.21. The van der Waals surface area contributed by atoms with E-state index in [0.717, 1.165) is 38.0 Å². The molecular formula is C18H26N2O. The molecule has 0 spiro atoms. The Morgan fingerprint density at radius 1 is 1.29 bits per heavy atom. The number of nitriles is 1. The second-order valence-corrected chi connectivity index (χ2v) is 6.11. The second kappa shape index (κ2) is 7.47. The monoisotopic (exact) mass is 286 g/mol. The Bertz CT molecular complexity index is 471.